The summed E-state index contributed by atoms with van der Waals surface area (Å²) in [4.78, 5) is 11.3. The molecular formula is C18H32O14. The predicted molar refractivity (Wildman–Crippen MR) is 99.6 cm³/mol. The lowest BCUT2D eigenvalue weighted by Gasteiger charge is -2.44. The third kappa shape index (κ3) is 5.79. The van der Waals surface area contributed by atoms with Crippen molar-refractivity contribution in [3.8, 4) is 0 Å². The maximum absolute atomic E-state index is 11.3. The van der Waals surface area contributed by atoms with Crippen molar-refractivity contribution in [3.63, 3.8) is 0 Å². The predicted octanol–water partition coefficient (Wildman–Crippen LogP) is -5.68. The lowest BCUT2D eigenvalue weighted by Crippen LogP contribution is -2.63. The molecule has 0 unspecified atom stereocenters. The molecule has 0 amide bonds. The minimum atomic E-state index is -1.96. The highest BCUT2D eigenvalue weighted by molar-refractivity contribution is 5.56. The molecule has 0 spiro atoms. The molecule has 14 atom stereocenters. The van der Waals surface area contributed by atoms with Crippen LogP contribution in [0.2, 0.25) is 0 Å². The lowest BCUT2D eigenvalue weighted by molar-refractivity contribution is -0.348. The number of aliphatic hydroxyl groups excluding tert-OH is 9. The number of aldehydes is 1. The highest BCUT2D eigenvalue weighted by Crippen LogP contribution is 2.28. The molecule has 2 aliphatic rings. The van der Waals surface area contributed by atoms with Crippen molar-refractivity contribution in [2.45, 2.75) is 99.7 Å². The van der Waals surface area contributed by atoms with Gasteiger partial charge in [0.25, 0.3) is 0 Å². The summed E-state index contributed by atoms with van der Waals surface area (Å²) < 4.78 is 21.4. The van der Waals surface area contributed by atoms with Crippen molar-refractivity contribution in [3.05, 3.63) is 0 Å². The van der Waals surface area contributed by atoms with Crippen molar-refractivity contribution >= 4 is 6.29 Å². The molecule has 0 saturated carbocycles. The first-order valence-electron chi connectivity index (χ1n) is 10.1. The monoisotopic (exact) mass is 472 g/mol. The summed E-state index contributed by atoms with van der Waals surface area (Å²) in [5.41, 5.74) is 0. The first-order chi connectivity index (χ1) is 14.9. The number of hydrogen-bond acceptors (Lipinski definition) is 14. The van der Waals surface area contributed by atoms with Crippen LogP contribution in [0.25, 0.3) is 0 Å². The second-order valence-electron chi connectivity index (χ2n) is 7.95. The third-order valence-corrected chi connectivity index (χ3v) is 5.51. The Morgan fingerprint density at radius 1 is 0.812 bits per heavy atom. The van der Waals surface area contributed by atoms with Crippen molar-refractivity contribution in [2.75, 3.05) is 6.61 Å². The van der Waals surface area contributed by atoms with Gasteiger partial charge < -0.3 is 69.7 Å². The average Bonchev–Trinajstić information content (AvgIpc) is 2.76. The molecule has 14 nitrogen and oxygen atoms in total. The van der Waals surface area contributed by atoms with Gasteiger partial charge in [-0.25, -0.2) is 0 Å². The molecular weight excluding hydrogens is 440 g/mol. The molecule has 0 bridgehead atoms. The van der Waals surface area contributed by atoms with E-state index in [1.807, 2.05) is 0 Å². The largest absolute Gasteiger partial charge is 0.394 e. The standard InChI is InChI=1S/C18H32O14/c1-5(21)15(31-18-14(28)12(26)10(24)8(4-20)30-18)16(7(22)3-19)32-17-13(27)11(25)9(23)6(2)29-17/h3,5-18,20-28H,4H2,1-2H3/t5-,6-,7-,8+,9-,10+,11+,12-,13+,14+,15-,16-,17-,18+/m0/s1. The Morgan fingerprint density at radius 3 is 1.81 bits per heavy atom. The second-order valence-corrected chi connectivity index (χ2v) is 7.95. The van der Waals surface area contributed by atoms with Crippen LogP contribution in [0.4, 0.5) is 0 Å². The summed E-state index contributed by atoms with van der Waals surface area (Å²) in [6.45, 7) is 1.81. The van der Waals surface area contributed by atoms with Gasteiger partial charge in [0.15, 0.2) is 18.9 Å². The first-order valence-corrected chi connectivity index (χ1v) is 10.1. The third-order valence-electron chi connectivity index (χ3n) is 5.51. The Kier molecular flexibility index (Phi) is 9.87. The summed E-state index contributed by atoms with van der Waals surface area (Å²) in [6.07, 6.45) is -22.8. The molecule has 0 aromatic heterocycles. The molecule has 0 aromatic carbocycles. The van der Waals surface area contributed by atoms with Crippen LogP contribution in [0.3, 0.4) is 0 Å². The van der Waals surface area contributed by atoms with Crippen molar-refractivity contribution in [1.82, 2.24) is 0 Å². The number of carbonyl (C=O) groups is 1. The highest BCUT2D eigenvalue weighted by atomic mass is 16.7. The van der Waals surface area contributed by atoms with Gasteiger partial charge in [0.05, 0.1) is 18.8 Å². The molecule has 32 heavy (non-hydrogen) atoms. The summed E-state index contributed by atoms with van der Waals surface area (Å²) in [6, 6.07) is 0. The maximum atomic E-state index is 11.3. The molecule has 9 N–H and O–H groups in total. The van der Waals surface area contributed by atoms with E-state index in [0.29, 0.717) is 0 Å². The number of rotatable bonds is 9. The fourth-order valence-electron chi connectivity index (χ4n) is 3.51. The van der Waals surface area contributed by atoms with E-state index < -0.39 is 92.4 Å². The van der Waals surface area contributed by atoms with Gasteiger partial charge in [-0.15, -0.1) is 0 Å². The van der Waals surface area contributed by atoms with E-state index in [1.165, 1.54) is 13.8 Å². The number of aliphatic hydroxyl groups is 9. The van der Waals surface area contributed by atoms with E-state index in [1.54, 1.807) is 0 Å². The lowest BCUT2D eigenvalue weighted by atomic mass is 9.98. The van der Waals surface area contributed by atoms with E-state index in [9.17, 15) is 50.8 Å². The van der Waals surface area contributed by atoms with Crippen LogP contribution in [0.1, 0.15) is 13.8 Å². The normalized spacial score (nSPS) is 44.5. The SMILES string of the molecule is C[C@H](O)[C@H](O[C@H]1O[C@H](CO)[C@@H](O)[C@H](O)[C@H]1O)[C@@H](O[C@@H]1O[C@@H](C)[C@H](O)[C@@H](O)[C@H]1O)[C@@H](O)C=O. The van der Waals surface area contributed by atoms with E-state index in [2.05, 4.69) is 0 Å². The van der Waals surface area contributed by atoms with Gasteiger partial charge in [-0.2, -0.15) is 0 Å². The molecule has 188 valence electrons. The van der Waals surface area contributed by atoms with E-state index in [4.69, 9.17) is 18.9 Å². The smallest absolute Gasteiger partial charge is 0.187 e. The molecule has 2 saturated heterocycles. The zero-order chi connectivity index (χ0) is 24.3. The highest BCUT2D eigenvalue weighted by Gasteiger charge is 2.49. The quantitative estimate of drug-likeness (QED) is 0.142. The Labute approximate surface area is 183 Å². The van der Waals surface area contributed by atoms with Crippen LogP contribution in [0.5, 0.6) is 0 Å². The zero-order valence-corrected chi connectivity index (χ0v) is 17.4. The first kappa shape index (κ1) is 27.4. The number of ether oxygens (including phenoxy) is 4. The van der Waals surface area contributed by atoms with Crippen molar-refractivity contribution in [1.29, 1.82) is 0 Å². The summed E-state index contributed by atoms with van der Waals surface area (Å²) in [5.74, 6) is 0. The number of carbonyl (C=O) groups excluding carboxylic acids is 1. The Balaban J connectivity index is 2.25. The van der Waals surface area contributed by atoms with Crippen LogP contribution in [-0.2, 0) is 23.7 Å². The maximum Gasteiger partial charge on any atom is 0.187 e. The molecule has 2 aliphatic heterocycles. The van der Waals surface area contributed by atoms with Crippen LogP contribution >= 0.6 is 0 Å². The van der Waals surface area contributed by atoms with E-state index >= 15 is 0 Å². The Morgan fingerprint density at radius 2 is 1.31 bits per heavy atom. The summed E-state index contributed by atoms with van der Waals surface area (Å²) in [5, 5.41) is 89.5. The van der Waals surface area contributed by atoms with Gasteiger partial charge in [0.2, 0.25) is 0 Å². The molecule has 2 fully saturated rings. The topological polar surface area (TPSA) is 236 Å². The van der Waals surface area contributed by atoms with Crippen LogP contribution in [0, 0.1) is 0 Å². The minimum Gasteiger partial charge on any atom is -0.394 e. The molecule has 0 aliphatic carbocycles. The van der Waals surface area contributed by atoms with Gasteiger partial charge in [-0.3, -0.25) is 0 Å². The number of hydrogen-bond donors (Lipinski definition) is 9. The molecule has 2 heterocycles. The van der Waals surface area contributed by atoms with E-state index in [-0.39, 0.29) is 6.29 Å². The molecule has 2 rings (SSSR count). The van der Waals surface area contributed by atoms with Crippen LogP contribution in [0.15, 0.2) is 0 Å². The van der Waals surface area contributed by atoms with E-state index in [0.717, 1.165) is 0 Å². The fraction of sp³-hybridized carbons (Fsp3) is 0.944. The molecule has 14 heteroatoms. The zero-order valence-electron chi connectivity index (χ0n) is 17.4. The fourth-order valence-corrected chi connectivity index (χ4v) is 3.51. The van der Waals surface area contributed by atoms with Gasteiger partial charge >= 0.3 is 0 Å². The Bertz CT molecular complexity index is 590. The van der Waals surface area contributed by atoms with Crippen LogP contribution in [-0.4, -0.2) is 145 Å². The summed E-state index contributed by atoms with van der Waals surface area (Å²) >= 11 is 0. The van der Waals surface area contributed by atoms with Gasteiger partial charge in [-0.1, -0.05) is 0 Å². The molecule has 0 aromatic rings. The average molecular weight is 472 g/mol. The van der Waals surface area contributed by atoms with Gasteiger partial charge in [-0.05, 0) is 13.8 Å². The Hall–Kier alpha value is -0.850. The molecule has 0 radical (unpaired) electrons. The minimum absolute atomic E-state index is 0.0423. The van der Waals surface area contributed by atoms with Crippen molar-refractivity contribution in [2.24, 2.45) is 0 Å². The van der Waals surface area contributed by atoms with Crippen LogP contribution < -0.4 is 0 Å². The summed E-state index contributed by atoms with van der Waals surface area (Å²) in [7, 11) is 0. The van der Waals surface area contributed by atoms with Gasteiger partial charge in [0.1, 0.15) is 61.0 Å². The van der Waals surface area contributed by atoms with Crippen molar-refractivity contribution < 1.29 is 69.7 Å². The van der Waals surface area contributed by atoms with Gasteiger partial charge in [0, 0.05) is 0 Å². The second kappa shape index (κ2) is 11.5.